The number of ether oxygens (including phenoxy) is 1. The molecule has 5 nitrogen and oxygen atoms in total. The van der Waals surface area contributed by atoms with Gasteiger partial charge in [0, 0.05) is 24.4 Å². The van der Waals surface area contributed by atoms with Crippen LogP contribution < -0.4 is 10.9 Å². The molecule has 2 N–H and O–H groups in total. The van der Waals surface area contributed by atoms with Gasteiger partial charge in [0.05, 0.1) is 18.2 Å². The molecule has 0 radical (unpaired) electrons. The molecule has 1 fully saturated rings. The van der Waals surface area contributed by atoms with Crippen molar-refractivity contribution in [2.45, 2.75) is 39.3 Å². The van der Waals surface area contributed by atoms with Crippen LogP contribution in [0, 0.1) is 19.7 Å². The van der Waals surface area contributed by atoms with Crippen molar-refractivity contribution in [2.75, 3.05) is 18.5 Å². The smallest absolute Gasteiger partial charge is 0.253 e. The van der Waals surface area contributed by atoms with Crippen LogP contribution in [0.5, 0.6) is 0 Å². The molecule has 1 atom stereocenters. The lowest BCUT2D eigenvalue weighted by Crippen LogP contribution is -2.40. The fourth-order valence-corrected chi connectivity index (χ4v) is 4.14. The molecular weight excluding hydrogens is 413 g/mol. The van der Waals surface area contributed by atoms with Gasteiger partial charge < -0.3 is 19.9 Å². The molecule has 1 aromatic heterocycles. The second-order valence-corrected chi connectivity index (χ2v) is 8.43. The van der Waals surface area contributed by atoms with Crippen LogP contribution in [0.2, 0.25) is 0 Å². The second kappa shape index (κ2) is 9.16. The summed E-state index contributed by atoms with van der Waals surface area (Å²) in [4.78, 5) is 17.9. The quantitative estimate of drug-likeness (QED) is 0.566. The Morgan fingerprint density at radius 2 is 2.03 bits per heavy atom. The van der Waals surface area contributed by atoms with E-state index < -0.39 is 0 Å². The molecule has 2 heterocycles. The van der Waals surface area contributed by atoms with Gasteiger partial charge in [-0.25, -0.2) is 4.39 Å². The third-order valence-electron chi connectivity index (χ3n) is 5.82. The van der Waals surface area contributed by atoms with E-state index >= 15 is 0 Å². The van der Waals surface area contributed by atoms with Crippen molar-refractivity contribution in [1.82, 2.24) is 9.88 Å². The number of nitrogens with zero attached hydrogens (tertiary/aromatic N) is 1. The topological polar surface area (TPSA) is 57.4 Å². The maximum Gasteiger partial charge on any atom is 0.253 e. The number of nitrogens with one attached hydrogen (secondary N) is 2. The highest BCUT2D eigenvalue weighted by Gasteiger charge is 2.22. The number of aromatic nitrogens is 1. The van der Waals surface area contributed by atoms with Gasteiger partial charge in [-0.1, -0.05) is 12.1 Å². The highest BCUT2D eigenvalue weighted by atomic mass is 32.1. The molecule has 3 aromatic rings. The summed E-state index contributed by atoms with van der Waals surface area (Å²) in [5.74, 6) is -0.305. The predicted octanol–water partition coefficient (Wildman–Crippen LogP) is 4.66. The molecule has 2 aromatic carbocycles. The molecule has 1 aliphatic heterocycles. The molecule has 0 aliphatic carbocycles. The number of hydrogen-bond acceptors (Lipinski definition) is 3. The molecule has 7 heteroatoms. The van der Waals surface area contributed by atoms with Gasteiger partial charge in [0.2, 0.25) is 0 Å². The van der Waals surface area contributed by atoms with Crippen LogP contribution in [0.1, 0.15) is 29.5 Å². The first kappa shape index (κ1) is 21.5. The first-order valence-corrected chi connectivity index (χ1v) is 10.9. The number of rotatable bonds is 5. The zero-order chi connectivity index (χ0) is 22.0. The Morgan fingerprint density at radius 3 is 2.74 bits per heavy atom. The summed E-state index contributed by atoms with van der Waals surface area (Å²) < 4.78 is 19.0. The Morgan fingerprint density at radius 1 is 1.26 bits per heavy atom. The highest BCUT2D eigenvalue weighted by molar-refractivity contribution is 7.80. The van der Waals surface area contributed by atoms with Crippen LogP contribution in [0.3, 0.4) is 0 Å². The van der Waals surface area contributed by atoms with Crippen molar-refractivity contribution < 1.29 is 9.13 Å². The number of halogens is 1. The van der Waals surface area contributed by atoms with E-state index in [1.165, 1.54) is 12.1 Å². The second-order valence-electron chi connectivity index (χ2n) is 8.05. The number of fused-ring (bicyclic) bond motifs is 1. The molecule has 0 saturated carbocycles. The van der Waals surface area contributed by atoms with Crippen molar-refractivity contribution in [3.8, 4) is 0 Å². The number of hydrogen-bond donors (Lipinski definition) is 2. The maximum atomic E-state index is 13.2. The normalized spacial score (nSPS) is 15.9. The summed E-state index contributed by atoms with van der Waals surface area (Å²) in [5.41, 5.74) is 4.29. The molecule has 0 amide bonds. The van der Waals surface area contributed by atoms with Crippen molar-refractivity contribution >= 4 is 33.9 Å². The van der Waals surface area contributed by atoms with Crippen LogP contribution in [-0.2, 0) is 11.3 Å². The summed E-state index contributed by atoms with van der Waals surface area (Å²) in [7, 11) is 0. The number of aromatic amines is 1. The predicted molar refractivity (Wildman–Crippen MR) is 126 cm³/mol. The summed E-state index contributed by atoms with van der Waals surface area (Å²) >= 11 is 5.65. The minimum Gasteiger partial charge on any atom is -0.376 e. The van der Waals surface area contributed by atoms with Gasteiger partial charge in [-0.2, -0.15) is 0 Å². The molecule has 0 unspecified atom stereocenters. The number of H-pyrrole nitrogens is 1. The SMILES string of the molecule is Cc1ccc2cc(CN(C[C@H]3CCCO3)C(=S)Nc3ccc(F)cc3)c(=O)[nH]c2c1C. The molecule has 0 spiro atoms. The number of thiocarbonyl (C=S) groups is 1. The lowest BCUT2D eigenvalue weighted by Gasteiger charge is -2.28. The Labute approximate surface area is 186 Å². The summed E-state index contributed by atoms with van der Waals surface area (Å²) in [5, 5.41) is 4.63. The molecule has 0 bridgehead atoms. The third-order valence-corrected chi connectivity index (χ3v) is 6.18. The lowest BCUT2D eigenvalue weighted by molar-refractivity contribution is 0.0904. The fourth-order valence-electron chi connectivity index (χ4n) is 3.88. The van der Waals surface area contributed by atoms with Crippen molar-refractivity contribution in [2.24, 2.45) is 0 Å². The summed E-state index contributed by atoms with van der Waals surface area (Å²) in [6.45, 7) is 5.72. The average molecular weight is 440 g/mol. The maximum absolute atomic E-state index is 13.2. The van der Waals surface area contributed by atoms with E-state index in [9.17, 15) is 9.18 Å². The summed E-state index contributed by atoms with van der Waals surface area (Å²) in [6, 6.07) is 12.1. The standard InChI is InChI=1S/C24H26FN3O2S/c1-15-5-6-17-12-18(23(29)27-22(17)16(15)2)13-28(14-21-4-3-11-30-21)24(31)26-20-9-7-19(25)8-10-20/h5-10,12,21H,3-4,11,13-14H2,1-2H3,(H,26,31)(H,27,29)/t21-/m1/s1. The van der Waals surface area contributed by atoms with E-state index in [1.807, 2.05) is 30.9 Å². The van der Waals surface area contributed by atoms with Gasteiger partial charge in [-0.3, -0.25) is 4.79 Å². The van der Waals surface area contributed by atoms with Crippen LogP contribution in [-0.4, -0.2) is 34.3 Å². The molecule has 162 valence electrons. The zero-order valence-corrected chi connectivity index (χ0v) is 18.5. The molecular formula is C24H26FN3O2S. The molecule has 1 aliphatic rings. The van der Waals surface area contributed by atoms with Crippen LogP contribution in [0.25, 0.3) is 10.9 Å². The Bertz CT molecular complexity index is 1150. The van der Waals surface area contributed by atoms with Gasteiger partial charge >= 0.3 is 0 Å². The van der Waals surface area contributed by atoms with Gasteiger partial charge in [0.25, 0.3) is 5.56 Å². The van der Waals surface area contributed by atoms with Crippen molar-refractivity contribution in [1.29, 1.82) is 0 Å². The number of aryl methyl sites for hydroxylation is 2. The van der Waals surface area contributed by atoms with Crippen LogP contribution in [0.15, 0.2) is 47.3 Å². The first-order valence-electron chi connectivity index (χ1n) is 10.5. The van der Waals surface area contributed by atoms with Crippen molar-refractivity contribution in [3.63, 3.8) is 0 Å². The Kier molecular flexibility index (Phi) is 6.34. The van der Waals surface area contributed by atoms with E-state index in [4.69, 9.17) is 17.0 Å². The average Bonchev–Trinajstić information content (AvgIpc) is 3.26. The van der Waals surface area contributed by atoms with E-state index in [0.717, 1.165) is 41.5 Å². The zero-order valence-electron chi connectivity index (χ0n) is 17.7. The minimum atomic E-state index is -0.305. The monoisotopic (exact) mass is 439 g/mol. The van der Waals surface area contributed by atoms with Crippen LogP contribution in [0.4, 0.5) is 10.1 Å². The van der Waals surface area contributed by atoms with Gasteiger partial charge in [0.15, 0.2) is 5.11 Å². The van der Waals surface area contributed by atoms with Gasteiger partial charge in [-0.05, 0) is 85.8 Å². The van der Waals surface area contributed by atoms with E-state index in [1.54, 1.807) is 12.1 Å². The van der Waals surface area contributed by atoms with E-state index in [0.29, 0.717) is 29.5 Å². The number of pyridine rings is 1. The van der Waals surface area contributed by atoms with Crippen molar-refractivity contribution in [3.05, 3.63) is 75.3 Å². The number of benzene rings is 2. The Hall–Kier alpha value is -2.77. The Balaban J connectivity index is 1.61. The number of anilines is 1. The van der Waals surface area contributed by atoms with E-state index in [-0.39, 0.29) is 17.5 Å². The van der Waals surface area contributed by atoms with E-state index in [2.05, 4.69) is 16.4 Å². The lowest BCUT2D eigenvalue weighted by atomic mass is 10.0. The van der Waals surface area contributed by atoms with Gasteiger partial charge in [-0.15, -0.1) is 0 Å². The highest BCUT2D eigenvalue weighted by Crippen LogP contribution is 2.21. The molecule has 31 heavy (non-hydrogen) atoms. The molecule has 4 rings (SSSR count). The minimum absolute atomic E-state index is 0.0670. The fraction of sp³-hybridized carbons (Fsp3) is 0.333. The van der Waals surface area contributed by atoms with Gasteiger partial charge in [0.1, 0.15) is 5.82 Å². The molecule has 1 saturated heterocycles. The third kappa shape index (κ3) is 4.94. The van der Waals surface area contributed by atoms with Crippen LogP contribution >= 0.6 is 12.2 Å². The summed E-state index contributed by atoms with van der Waals surface area (Å²) in [6.07, 6.45) is 2.05. The first-order chi connectivity index (χ1) is 14.9. The largest absolute Gasteiger partial charge is 0.376 e.